The zero-order chi connectivity index (χ0) is 42.9. The van der Waals surface area contributed by atoms with E-state index in [1.165, 1.54) is 22.5 Å². The Morgan fingerprint density at radius 1 is 1.00 bits per heavy atom. The van der Waals surface area contributed by atoms with Crippen LogP contribution in [0.15, 0.2) is 114 Å². The Hall–Kier alpha value is -5.46. The zero-order valence-corrected chi connectivity index (χ0v) is 37.0. The monoisotopic (exact) mass is 837 g/mol. The number of aromatic amines is 1. The summed E-state index contributed by atoms with van der Waals surface area (Å²) in [5.74, 6) is 0.415. The number of fused-ring (bicyclic) bond motifs is 5. The van der Waals surface area contributed by atoms with Gasteiger partial charge in [0.15, 0.2) is 8.32 Å². The normalized spacial score (nSPS) is 18.6. The predicted molar refractivity (Wildman–Crippen MR) is 250 cm³/mol. The Bertz CT molecular complexity index is 2600. The van der Waals surface area contributed by atoms with Crippen LogP contribution in [0.4, 0.5) is 10.5 Å². The smallest absolute Gasteiger partial charge is 0.412 e. The molecule has 4 aromatic carbocycles. The number of hydrogen-bond donors (Lipinski definition) is 4. The van der Waals surface area contributed by atoms with Crippen molar-refractivity contribution in [2.45, 2.75) is 83.4 Å². The third kappa shape index (κ3) is 9.11. The fraction of sp³-hybridized carbons (Fsp3) is 0.360. The minimum Gasteiger partial charge on any atom is -0.506 e. The van der Waals surface area contributed by atoms with Crippen molar-refractivity contribution in [2.24, 2.45) is 5.92 Å². The van der Waals surface area contributed by atoms with Crippen molar-refractivity contribution in [3.8, 4) is 16.9 Å². The van der Waals surface area contributed by atoms with E-state index in [1.807, 2.05) is 24.3 Å². The molecule has 2 atom stereocenters. The summed E-state index contributed by atoms with van der Waals surface area (Å²) < 4.78 is 9.29. The second-order valence-electron chi connectivity index (χ2n) is 18.4. The lowest BCUT2D eigenvalue weighted by molar-refractivity contribution is 0.0838. The highest BCUT2D eigenvalue weighted by atomic mass is 28.4. The number of aryl methyl sites for hydroxylation is 1. The molecule has 9 rings (SSSR count). The van der Waals surface area contributed by atoms with E-state index in [2.05, 4.69) is 127 Å². The third-order valence-electron chi connectivity index (χ3n) is 13.4. The number of H-pyrrole nitrogens is 1. The number of aromatic hydroxyl groups is 1. The predicted octanol–water partition coefficient (Wildman–Crippen LogP) is 10.4. The first-order chi connectivity index (χ1) is 29.3. The minimum atomic E-state index is -2.20. The maximum Gasteiger partial charge on any atom is 0.412 e. The molecule has 1 unspecified atom stereocenters. The minimum absolute atomic E-state index is 0.00547. The van der Waals surface area contributed by atoms with E-state index in [9.17, 15) is 19.8 Å². The van der Waals surface area contributed by atoms with Gasteiger partial charge in [0.25, 0.3) is 0 Å². The van der Waals surface area contributed by atoms with Gasteiger partial charge in [-0.2, -0.15) is 0 Å². The van der Waals surface area contributed by atoms with Crippen molar-refractivity contribution in [1.29, 1.82) is 0 Å². The highest BCUT2D eigenvalue weighted by molar-refractivity contribution is 6.74. The number of anilines is 1. The van der Waals surface area contributed by atoms with Gasteiger partial charge in [0.2, 0.25) is 5.56 Å². The standard InChI is InChI=1S/C50H59N5O5Si/c1-50(2,3)61(4,5)60-46(40-17-20-45(56)48-41(40)18-21-47(57)52-48)32-51-31-35-15-19-42-38(29-35)24-28-54(42)25-10-9-11-34-14-16-39(36-12-7-6-8-13-36)43(30-34)55(49(58)59)44-33-53-26-22-37(44)23-27-53/h6-9,11-21,24,28-30,37,44,46,51,56H,10,22-23,25-27,31-33H2,1-5H3,(H,52,57)(H,58,59)/t44?,46-/m0/s1. The number of carbonyl (C=O) groups is 1. The van der Waals surface area contributed by atoms with E-state index in [0.717, 1.165) is 78.8 Å². The first kappa shape index (κ1) is 42.2. The van der Waals surface area contributed by atoms with Crippen molar-refractivity contribution in [2.75, 3.05) is 31.1 Å². The molecule has 1 amide bonds. The molecular weight excluding hydrogens is 779 g/mol. The maximum atomic E-state index is 13.0. The molecule has 61 heavy (non-hydrogen) atoms. The summed E-state index contributed by atoms with van der Waals surface area (Å²) in [6, 6.07) is 31.9. The Morgan fingerprint density at radius 3 is 2.51 bits per heavy atom. The SMILES string of the molecule is CC(C)(C)[Si](C)(C)O[C@@H](CNCc1ccc2c(ccn2CCC=Cc2ccc(-c3ccccc3)c(N(C(=O)O)C3CN4CCC3CC4)c2)c1)c1ccc(O)c2[nH]c(=O)ccc12. The average molecular weight is 838 g/mol. The summed E-state index contributed by atoms with van der Waals surface area (Å²) >= 11 is 0. The summed E-state index contributed by atoms with van der Waals surface area (Å²) in [5.41, 5.74) is 7.13. The Balaban J connectivity index is 0.949. The van der Waals surface area contributed by atoms with E-state index in [1.54, 1.807) is 17.0 Å². The number of nitrogens with one attached hydrogen (secondary N) is 2. The molecule has 4 N–H and O–H groups in total. The number of aromatic nitrogens is 2. The van der Waals surface area contributed by atoms with E-state index in [0.29, 0.717) is 24.5 Å². The summed E-state index contributed by atoms with van der Waals surface area (Å²) in [6.07, 6.45) is 8.17. The maximum absolute atomic E-state index is 13.0. The van der Waals surface area contributed by atoms with E-state index in [-0.39, 0.29) is 28.5 Å². The van der Waals surface area contributed by atoms with Gasteiger partial charge in [0, 0.05) is 54.9 Å². The summed E-state index contributed by atoms with van der Waals surface area (Å²) in [6.45, 7) is 16.1. The second kappa shape index (κ2) is 17.5. The number of piperidine rings is 3. The number of pyridine rings is 1. The van der Waals surface area contributed by atoms with Gasteiger partial charge in [-0.3, -0.25) is 9.69 Å². The molecule has 3 aliphatic rings. The second-order valence-corrected chi connectivity index (χ2v) is 23.1. The van der Waals surface area contributed by atoms with Crippen molar-refractivity contribution in [1.82, 2.24) is 19.8 Å². The Labute approximate surface area is 359 Å². The number of phenols is 1. The van der Waals surface area contributed by atoms with Gasteiger partial charge in [-0.05, 0) is 120 Å². The lowest BCUT2D eigenvalue weighted by Gasteiger charge is -2.48. The zero-order valence-electron chi connectivity index (χ0n) is 36.0. The van der Waals surface area contributed by atoms with Gasteiger partial charge in [-0.25, -0.2) is 4.79 Å². The quantitative estimate of drug-likeness (QED) is 0.0806. The number of hydrogen-bond acceptors (Lipinski definition) is 6. The number of phenolic OH excluding ortho intramolecular Hbond substituents is 1. The largest absolute Gasteiger partial charge is 0.506 e. The Kier molecular flexibility index (Phi) is 12.1. The average Bonchev–Trinajstić information content (AvgIpc) is 3.65. The van der Waals surface area contributed by atoms with Gasteiger partial charge in [-0.15, -0.1) is 0 Å². The molecule has 3 aliphatic heterocycles. The highest BCUT2D eigenvalue weighted by Crippen LogP contribution is 2.42. The molecule has 5 heterocycles. The molecule has 3 saturated heterocycles. The summed E-state index contributed by atoms with van der Waals surface area (Å²) in [4.78, 5) is 32.0. The van der Waals surface area contributed by atoms with Crippen LogP contribution >= 0.6 is 0 Å². The van der Waals surface area contributed by atoms with Crippen LogP contribution in [0, 0.1) is 5.92 Å². The lowest BCUT2D eigenvalue weighted by Crippen LogP contribution is -2.59. The molecule has 0 aliphatic carbocycles. The van der Waals surface area contributed by atoms with Gasteiger partial charge in [0.1, 0.15) is 5.75 Å². The molecule has 318 valence electrons. The first-order valence-electron chi connectivity index (χ1n) is 21.7. The van der Waals surface area contributed by atoms with Gasteiger partial charge >= 0.3 is 6.09 Å². The van der Waals surface area contributed by atoms with Crippen LogP contribution in [0.2, 0.25) is 18.1 Å². The Morgan fingerprint density at radius 2 is 1.79 bits per heavy atom. The van der Waals surface area contributed by atoms with Gasteiger partial charge in [0.05, 0.1) is 23.3 Å². The molecule has 6 aromatic rings. The third-order valence-corrected chi connectivity index (χ3v) is 17.8. The molecule has 11 heteroatoms. The number of allylic oxidation sites excluding steroid dienone is 1. The van der Waals surface area contributed by atoms with Crippen LogP contribution < -0.4 is 15.8 Å². The van der Waals surface area contributed by atoms with Crippen LogP contribution in [0.3, 0.4) is 0 Å². The molecule has 2 bridgehead atoms. The fourth-order valence-corrected chi connectivity index (χ4v) is 10.3. The van der Waals surface area contributed by atoms with Crippen LogP contribution in [-0.4, -0.2) is 71.3 Å². The molecule has 10 nitrogen and oxygen atoms in total. The summed E-state index contributed by atoms with van der Waals surface area (Å²) in [7, 11) is -2.20. The fourth-order valence-electron chi connectivity index (χ4n) is 8.99. The van der Waals surface area contributed by atoms with E-state index in [4.69, 9.17) is 4.43 Å². The van der Waals surface area contributed by atoms with Gasteiger partial charge in [-0.1, -0.05) is 87.5 Å². The molecule has 3 fully saturated rings. The van der Waals surface area contributed by atoms with Crippen LogP contribution in [0.5, 0.6) is 5.75 Å². The molecule has 0 radical (unpaired) electrons. The van der Waals surface area contributed by atoms with Crippen molar-refractivity contribution in [3.63, 3.8) is 0 Å². The number of rotatable bonds is 14. The number of amides is 1. The molecule has 0 saturated carbocycles. The van der Waals surface area contributed by atoms with E-state index < -0.39 is 14.4 Å². The van der Waals surface area contributed by atoms with Crippen molar-refractivity contribution >= 4 is 48.0 Å². The lowest BCUT2D eigenvalue weighted by atomic mass is 9.82. The van der Waals surface area contributed by atoms with Crippen molar-refractivity contribution < 1.29 is 19.4 Å². The molecule has 2 aromatic heterocycles. The molecule has 0 spiro atoms. The number of benzene rings is 4. The van der Waals surface area contributed by atoms with Crippen LogP contribution in [0.25, 0.3) is 39.0 Å². The number of carboxylic acid groups (broad SMARTS) is 1. The van der Waals surface area contributed by atoms with Gasteiger partial charge < -0.3 is 34.4 Å². The number of nitrogens with zero attached hydrogens (tertiary/aromatic N) is 3. The van der Waals surface area contributed by atoms with E-state index >= 15 is 0 Å². The first-order valence-corrected chi connectivity index (χ1v) is 24.6. The highest BCUT2D eigenvalue weighted by Gasteiger charge is 2.41. The molecular formula is C50H59N5O5Si. The summed E-state index contributed by atoms with van der Waals surface area (Å²) in [5, 5.41) is 26.9. The van der Waals surface area contributed by atoms with Crippen LogP contribution in [0.1, 0.15) is 62.8 Å². The van der Waals surface area contributed by atoms with Crippen LogP contribution in [-0.2, 0) is 17.5 Å². The van der Waals surface area contributed by atoms with Crippen molar-refractivity contribution in [3.05, 3.63) is 136 Å². The topological polar surface area (TPSA) is 123 Å².